The van der Waals surface area contributed by atoms with E-state index in [0.717, 1.165) is 6.07 Å². The number of Topliss-reactive ketones (excluding diaryl/α,β-unsaturated/α-hetero) is 1. The Labute approximate surface area is 95.0 Å². The SMILES string of the molecule is CC(=O)c1ccccc1OC(F)(F)C(F)Cl. The molecule has 1 atom stereocenters. The summed E-state index contributed by atoms with van der Waals surface area (Å²) in [6.45, 7) is 1.19. The lowest BCUT2D eigenvalue weighted by Gasteiger charge is -2.18. The van der Waals surface area contributed by atoms with Gasteiger partial charge in [0.25, 0.3) is 5.63 Å². The minimum atomic E-state index is -4.17. The average molecular weight is 253 g/mol. The predicted octanol–water partition coefficient (Wildman–Crippen LogP) is 3.40. The molecule has 0 saturated carbocycles. The molecule has 0 aromatic heterocycles. The summed E-state index contributed by atoms with van der Waals surface area (Å²) >= 11 is 4.62. The van der Waals surface area contributed by atoms with Gasteiger partial charge in [-0.3, -0.25) is 4.79 Å². The van der Waals surface area contributed by atoms with E-state index in [1.165, 1.54) is 25.1 Å². The zero-order valence-corrected chi connectivity index (χ0v) is 8.97. The van der Waals surface area contributed by atoms with E-state index in [1.54, 1.807) is 0 Å². The summed E-state index contributed by atoms with van der Waals surface area (Å²) in [5.74, 6) is -0.861. The van der Waals surface area contributed by atoms with Crippen molar-refractivity contribution in [3.8, 4) is 5.75 Å². The molecule has 0 spiro atoms. The first kappa shape index (κ1) is 12.8. The first-order chi connectivity index (χ1) is 7.34. The van der Waals surface area contributed by atoms with Crippen LogP contribution in [0.4, 0.5) is 13.2 Å². The van der Waals surface area contributed by atoms with Crippen LogP contribution in [0.25, 0.3) is 0 Å². The van der Waals surface area contributed by atoms with Crippen LogP contribution in [0.3, 0.4) is 0 Å². The van der Waals surface area contributed by atoms with Crippen LogP contribution >= 0.6 is 11.6 Å². The van der Waals surface area contributed by atoms with Crippen LogP contribution in [0.1, 0.15) is 17.3 Å². The minimum Gasteiger partial charge on any atom is -0.429 e. The van der Waals surface area contributed by atoms with Crippen molar-refractivity contribution in [3.05, 3.63) is 29.8 Å². The Kier molecular flexibility index (Phi) is 3.80. The number of ether oxygens (including phenoxy) is 1. The summed E-state index contributed by atoms with van der Waals surface area (Å²) in [5, 5.41) is 0. The second-order valence-corrected chi connectivity index (χ2v) is 3.40. The first-order valence-corrected chi connectivity index (χ1v) is 4.73. The second-order valence-electron chi connectivity index (χ2n) is 3.02. The molecule has 1 aromatic carbocycles. The van der Waals surface area contributed by atoms with Crippen LogP contribution in [-0.4, -0.2) is 17.5 Å². The Balaban J connectivity index is 3.02. The molecule has 0 aliphatic heterocycles. The Morgan fingerprint density at radius 2 is 2.00 bits per heavy atom. The summed E-state index contributed by atoms with van der Waals surface area (Å²) in [4.78, 5) is 11.1. The number of benzene rings is 1. The molecule has 1 aromatic rings. The van der Waals surface area contributed by atoms with Crippen molar-refractivity contribution in [2.75, 3.05) is 0 Å². The minimum absolute atomic E-state index is 0.0560. The Hall–Kier alpha value is -1.23. The van der Waals surface area contributed by atoms with Crippen LogP contribution in [0.5, 0.6) is 5.75 Å². The van der Waals surface area contributed by atoms with Crippen molar-refractivity contribution in [3.63, 3.8) is 0 Å². The quantitative estimate of drug-likeness (QED) is 0.606. The van der Waals surface area contributed by atoms with Crippen molar-refractivity contribution in [1.29, 1.82) is 0 Å². The molecule has 0 radical (unpaired) electrons. The lowest BCUT2D eigenvalue weighted by Crippen LogP contribution is -2.33. The third-order valence-electron chi connectivity index (χ3n) is 1.77. The van der Waals surface area contributed by atoms with Gasteiger partial charge >= 0.3 is 6.11 Å². The summed E-state index contributed by atoms with van der Waals surface area (Å²) in [7, 11) is 0. The number of alkyl halides is 4. The lowest BCUT2D eigenvalue weighted by molar-refractivity contribution is -0.199. The molecule has 6 heteroatoms. The van der Waals surface area contributed by atoms with Gasteiger partial charge in [-0.2, -0.15) is 8.78 Å². The fourth-order valence-electron chi connectivity index (χ4n) is 1.04. The zero-order chi connectivity index (χ0) is 12.3. The van der Waals surface area contributed by atoms with Gasteiger partial charge in [-0.05, 0) is 19.1 Å². The molecule has 1 unspecified atom stereocenters. The average Bonchev–Trinajstić information content (AvgIpc) is 2.17. The Bertz CT molecular complexity index is 393. The summed E-state index contributed by atoms with van der Waals surface area (Å²) in [6, 6.07) is 5.31. The normalized spacial score (nSPS) is 13.3. The van der Waals surface area contributed by atoms with E-state index in [1.807, 2.05) is 0 Å². The molecular weight excluding hydrogens is 245 g/mol. The molecule has 88 valence electrons. The Morgan fingerprint density at radius 3 is 2.50 bits per heavy atom. The maximum atomic E-state index is 12.8. The van der Waals surface area contributed by atoms with Crippen LogP contribution in [-0.2, 0) is 0 Å². The van der Waals surface area contributed by atoms with E-state index in [4.69, 9.17) is 0 Å². The van der Waals surface area contributed by atoms with Gasteiger partial charge in [-0.1, -0.05) is 23.7 Å². The number of carbonyl (C=O) groups excluding carboxylic acids is 1. The van der Waals surface area contributed by atoms with Crippen LogP contribution in [0.15, 0.2) is 24.3 Å². The topological polar surface area (TPSA) is 26.3 Å². The van der Waals surface area contributed by atoms with E-state index < -0.39 is 23.3 Å². The fraction of sp³-hybridized carbons (Fsp3) is 0.300. The maximum Gasteiger partial charge on any atom is 0.444 e. The van der Waals surface area contributed by atoms with Crippen molar-refractivity contribution < 1.29 is 22.7 Å². The van der Waals surface area contributed by atoms with Gasteiger partial charge in [-0.15, -0.1) is 0 Å². The van der Waals surface area contributed by atoms with Crippen LogP contribution in [0.2, 0.25) is 0 Å². The van der Waals surface area contributed by atoms with E-state index in [0.29, 0.717) is 0 Å². The monoisotopic (exact) mass is 252 g/mol. The highest BCUT2D eigenvalue weighted by molar-refractivity contribution is 6.20. The van der Waals surface area contributed by atoms with Crippen molar-refractivity contribution in [2.24, 2.45) is 0 Å². The third-order valence-corrected chi connectivity index (χ3v) is 2.02. The highest BCUT2D eigenvalue weighted by Crippen LogP contribution is 2.30. The largest absolute Gasteiger partial charge is 0.444 e. The van der Waals surface area contributed by atoms with Crippen molar-refractivity contribution in [2.45, 2.75) is 18.7 Å². The third kappa shape index (κ3) is 2.88. The molecule has 0 N–H and O–H groups in total. The van der Waals surface area contributed by atoms with E-state index in [-0.39, 0.29) is 5.56 Å². The number of halogens is 4. The van der Waals surface area contributed by atoms with Gasteiger partial charge in [0.05, 0.1) is 5.56 Å². The van der Waals surface area contributed by atoms with E-state index >= 15 is 0 Å². The molecule has 0 aliphatic rings. The van der Waals surface area contributed by atoms with Crippen molar-refractivity contribution in [1.82, 2.24) is 0 Å². The molecule has 0 fully saturated rings. The van der Waals surface area contributed by atoms with E-state index in [2.05, 4.69) is 16.3 Å². The second kappa shape index (κ2) is 4.74. The summed E-state index contributed by atoms with van der Waals surface area (Å²) < 4.78 is 42.1. The van der Waals surface area contributed by atoms with Gasteiger partial charge < -0.3 is 4.74 Å². The highest BCUT2D eigenvalue weighted by atomic mass is 35.5. The molecule has 0 amide bonds. The molecule has 0 aliphatic carbocycles. The highest BCUT2D eigenvalue weighted by Gasteiger charge is 2.42. The number of ketones is 1. The summed E-state index contributed by atoms with van der Waals surface area (Å²) in [6.07, 6.45) is -4.17. The molecule has 0 heterocycles. The molecule has 0 bridgehead atoms. The van der Waals surface area contributed by atoms with Crippen LogP contribution < -0.4 is 4.74 Å². The van der Waals surface area contributed by atoms with Gasteiger partial charge in [0.1, 0.15) is 5.75 Å². The van der Waals surface area contributed by atoms with Crippen molar-refractivity contribution >= 4 is 17.4 Å². The number of hydrogen-bond donors (Lipinski definition) is 0. The number of para-hydroxylation sites is 1. The van der Waals surface area contributed by atoms with Gasteiger partial charge in [-0.25, -0.2) is 4.39 Å². The smallest absolute Gasteiger partial charge is 0.429 e. The Morgan fingerprint density at radius 1 is 1.44 bits per heavy atom. The van der Waals surface area contributed by atoms with Crippen LogP contribution in [0, 0.1) is 0 Å². The molecule has 1 rings (SSSR count). The molecule has 2 nitrogen and oxygen atoms in total. The predicted molar refractivity (Wildman–Crippen MR) is 52.8 cm³/mol. The standard InChI is InChI=1S/C10H8ClF3O2/c1-6(15)7-4-2-3-5-8(7)16-10(13,14)9(11)12/h2-5,9H,1H3. The molecule has 0 saturated heterocycles. The number of hydrogen-bond acceptors (Lipinski definition) is 2. The number of carbonyl (C=O) groups is 1. The zero-order valence-electron chi connectivity index (χ0n) is 8.22. The number of rotatable bonds is 4. The lowest BCUT2D eigenvalue weighted by atomic mass is 10.1. The summed E-state index contributed by atoms with van der Waals surface area (Å²) in [5.41, 5.74) is -3.04. The van der Waals surface area contributed by atoms with E-state index in [9.17, 15) is 18.0 Å². The van der Waals surface area contributed by atoms with Gasteiger partial charge in [0, 0.05) is 0 Å². The maximum absolute atomic E-state index is 12.8. The van der Waals surface area contributed by atoms with Gasteiger partial charge in [0.2, 0.25) is 0 Å². The van der Waals surface area contributed by atoms with Gasteiger partial charge in [0.15, 0.2) is 5.78 Å². The molecular formula is C10H8ClF3O2. The fourth-order valence-corrected chi connectivity index (χ4v) is 1.08. The first-order valence-electron chi connectivity index (χ1n) is 4.29. The molecule has 16 heavy (non-hydrogen) atoms.